The van der Waals surface area contributed by atoms with Gasteiger partial charge in [-0.05, 0) is 11.6 Å². The Morgan fingerprint density at radius 2 is 2.05 bits per heavy atom. The van der Waals surface area contributed by atoms with E-state index in [1.54, 1.807) is 6.07 Å². The molecular formula is C13H12N4O4. The zero-order valence-corrected chi connectivity index (χ0v) is 11.1. The summed E-state index contributed by atoms with van der Waals surface area (Å²) in [4.78, 5) is 33.7. The predicted octanol–water partition coefficient (Wildman–Crippen LogP) is 0.968. The normalized spacial score (nSPS) is 9.95. The van der Waals surface area contributed by atoms with E-state index in [4.69, 9.17) is 5.11 Å². The van der Waals surface area contributed by atoms with Gasteiger partial charge in [-0.3, -0.25) is 4.98 Å². The molecule has 8 heteroatoms. The highest BCUT2D eigenvalue weighted by atomic mass is 16.5. The number of aromatic carboxylic acids is 1. The zero-order valence-electron chi connectivity index (χ0n) is 11.1. The molecule has 0 saturated carbocycles. The average molecular weight is 288 g/mol. The fourth-order valence-electron chi connectivity index (χ4n) is 1.50. The van der Waals surface area contributed by atoms with E-state index < -0.39 is 11.9 Å². The summed E-state index contributed by atoms with van der Waals surface area (Å²) in [5, 5.41) is 11.7. The van der Waals surface area contributed by atoms with Gasteiger partial charge in [0.05, 0.1) is 19.5 Å². The first kappa shape index (κ1) is 14.4. The fourth-order valence-corrected chi connectivity index (χ4v) is 1.50. The van der Waals surface area contributed by atoms with E-state index in [9.17, 15) is 9.59 Å². The summed E-state index contributed by atoms with van der Waals surface area (Å²) in [5.41, 5.74) is 0.846. The Labute approximate surface area is 119 Å². The highest BCUT2D eigenvalue weighted by Gasteiger charge is 2.08. The number of rotatable bonds is 5. The first-order valence-corrected chi connectivity index (χ1v) is 5.92. The van der Waals surface area contributed by atoms with Crippen LogP contribution in [0.1, 0.15) is 26.5 Å². The molecule has 0 bridgehead atoms. The van der Waals surface area contributed by atoms with Crippen LogP contribution in [0.3, 0.4) is 0 Å². The average Bonchev–Trinajstić information content (AvgIpc) is 2.52. The second-order valence-electron chi connectivity index (χ2n) is 3.99. The van der Waals surface area contributed by atoms with E-state index in [-0.39, 0.29) is 11.4 Å². The Balaban J connectivity index is 2.02. The van der Waals surface area contributed by atoms with Crippen molar-refractivity contribution in [1.82, 2.24) is 15.0 Å². The number of carbonyl (C=O) groups excluding carboxylic acids is 1. The number of carboxylic acid groups (broad SMARTS) is 1. The zero-order chi connectivity index (χ0) is 15.2. The van der Waals surface area contributed by atoms with E-state index in [1.165, 1.54) is 31.8 Å². The first-order chi connectivity index (χ1) is 10.1. The summed E-state index contributed by atoms with van der Waals surface area (Å²) in [7, 11) is 1.26. The van der Waals surface area contributed by atoms with Gasteiger partial charge in [0.25, 0.3) is 0 Å². The van der Waals surface area contributed by atoms with Crippen LogP contribution >= 0.6 is 0 Å². The standard InChI is InChI=1S/C13H12N4O4/c1-21-13(20)10-6-14-7-11(17-10)16-5-8-2-3-9(12(18)19)15-4-8/h2-4,6-7H,5H2,1H3,(H,16,17)(H,18,19). The van der Waals surface area contributed by atoms with Crippen LogP contribution in [0.4, 0.5) is 5.82 Å². The van der Waals surface area contributed by atoms with Gasteiger partial charge in [0, 0.05) is 12.7 Å². The number of hydrogen-bond acceptors (Lipinski definition) is 7. The Kier molecular flexibility index (Phi) is 4.39. The first-order valence-electron chi connectivity index (χ1n) is 5.92. The number of nitrogens with zero attached hydrogens (tertiary/aromatic N) is 3. The van der Waals surface area contributed by atoms with Gasteiger partial charge in [-0.15, -0.1) is 0 Å². The van der Waals surface area contributed by atoms with Gasteiger partial charge in [-0.1, -0.05) is 6.07 Å². The van der Waals surface area contributed by atoms with Gasteiger partial charge in [-0.2, -0.15) is 0 Å². The molecule has 0 aromatic carbocycles. The third-order valence-corrected chi connectivity index (χ3v) is 2.55. The summed E-state index contributed by atoms with van der Waals surface area (Å²) >= 11 is 0. The summed E-state index contributed by atoms with van der Waals surface area (Å²) in [6.45, 7) is 0.367. The monoisotopic (exact) mass is 288 g/mol. The molecule has 8 nitrogen and oxygen atoms in total. The van der Waals surface area contributed by atoms with Crippen molar-refractivity contribution in [3.05, 3.63) is 47.7 Å². The lowest BCUT2D eigenvalue weighted by Crippen LogP contribution is -2.09. The van der Waals surface area contributed by atoms with Crippen LogP contribution in [0.2, 0.25) is 0 Å². The molecule has 0 spiro atoms. The number of anilines is 1. The number of carbonyl (C=O) groups is 2. The van der Waals surface area contributed by atoms with Crippen molar-refractivity contribution in [3.8, 4) is 0 Å². The second kappa shape index (κ2) is 6.42. The molecule has 108 valence electrons. The van der Waals surface area contributed by atoms with Crippen molar-refractivity contribution in [2.75, 3.05) is 12.4 Å². The van der Waals surface area contributed by atoms with Crippen LogP contribution in [0.5, 0.6) is 0 Å². The largest absolute Gasteiger partial charge is 0.477 e. The Morgan fingerprint density at radius 3 is 2.67 bits per heavy atom. The SMILES string of the molecule is COC(=O)c1cncc(NCc2ccc(C(=O)O)nc2)n1. The minimum atomic E-state index is -1.08. The molecule has 0 unspecified atom stereocenters. The molecule has 0 fully saturated rings. The molecule has 2 heterocycles. The lowest BCUT2D eigenvalue weighted by Gasteiger charge is -2.06. The number of pyridine rings is 1. The second-order valence-corrected chi connectivity index (χ2v) is 3.99. The summed E-state index contributed by atoms with van der Waals surface area (Å²) < 4.78 is 4.55. The molecule has 2 aromatic rings. The van der Waals surface area contributed by atoms with E-state index in [2.05, 4.69) is 25.0 Å². The van der Waals surface area contributed by atoms with Crippen molar-refractivity contribution in [2.24, 2.45) is 0 Å². The number of methoxy groups -OCH3 is 1. The predicted molar refractivity (Wildman–Crippen MR) is 71.9 cm³/mol. The maximum absolute atomic E-state index is 11.3. The van der Waals surface area contributed by atoms with E-state index in [0.717, 1.165) is 5.56 Å². The highest BCUT2D eigenvalue weighted by Crippen LogP contribution is 2.07. The van der Waals surface area contributed by atoms with Crippen LogP contribution in [0.15, 0.2) is 30.7 Å². The third kappa shape index (κ3) is 3.72. The van der Waals surface area contributed by atoms with E-state index in [0.29, 0.717) is 12.4 Å². The number of nitrogens with one attached hydrogen (secondary N) is 1. The van der Waals surface area contributed by atoms with Crippen molar-refractivity contribution in [1.29, 1.82) is 0 Å². The van der Waals surface area contributed by atoms with Gasteiger partial charge in [-0.25, -0.2) is 19.6 Å². The Hall–Kier alpha value is -3.03. The smallest absolute Gasteiger partial charge is 0.358 e. The molecule has 0 saturated heterocycles. The molecule has 0 aliphatic rings. The molecule has 2 aromatic heterocycles. The minimum absolute atomic E-state index is 0.0220. The minimum Gasteiger partial charge on any atom is -0.477 e. The van der Waals surface area contributed by atoms with Gasteiger partial charge in [0.15, 0.2) is 5.69 Å². The summed E-state index contributed by atoms with van der Waals surface area (Å²) in [6, 6.07) is 3.05. The lowest BCUT2D eigenvalue weighted by molar-refractivity contribution is 0.0592. The third-order valence-electron chi connectivity index (χ3n) is 2.55. The van der Waals surface area contributed by atoms with Gasteiger partial charge in [0.1, 0.15) is 11.5 Å². The number of ether oxygens (including phenoxy) is 1. The van der Waals surface area contributed by atoms with Crippen molar-refractivity contribution in [2.45, 2.75) is 6.54 Å². The lowest BCUT2D eigenvalue weighted by atomic mass is 10.2. The van der Waals surface area contributed by atoms with Crippen LogP contribution < -0.4 is 5.32 Å². The Morgan fingerprint density at radius 1 is 1.24 bits per heavy atom. The molecular weight excluding hydrogens is 276 g/mol. The molecule has 0 amide bonds. The van der Waals surface area contributed by atoms with Crippen LogP contribution in [0, 0.1) is 0 Å². The van der Waals surface area contributed by atoms with Gasteiger partial charge >= 0.3 is 11.9 Å². The van der Waals surface area contributed by atoms with Crippen LogP contribution in [0.25, 0.3) is 0 Å². The highest BCUT2D eigenvalue weighted by molar-refractivity contribution is 5.87. The molecule has 2 N–H and O–H groups in total. The Bertz CT molecular complexity index is 657. The van der Waals surface area contributed by atoms with Crippen molar-refractivity contribution >= 4 is 17.8 Å². The van der Waals surface area contributed by atoms with Crippen LogP contribution in [-0.4, -0.2) is 39.1 Å². The quantitative estimate of drug-likeness (QED) is 0.782. The number of aromatic nitrogens is 3. The van der Waals surface area contributed by atoms with Crippen molar-refractivity contribution in [3.63, 3.8) is 0 Å². The van der Waals surface area contributed by atoms with Crippen molar-refractivity contribution < 1.29 is 19.4 Å². The molecule has 2 rings (SSSR count). The molecule has 0 radical (unpaired) electrons. The summed E-state index contributed by atoms with van der Waals surface area (Å²) in [5.74, 6) is -1.25. The number of hydrogen-bond donors (Lipinski definition) is 2. The van der Waals surface area contributed by atoms with Gasteiger partial charge < -0.3 is 15.2 Å². The number of esters is 1. The topological polar surface area (TPSA) is 114 Å². The molecule has 0 aliphatic carbocycles. The van der Waals surface area contributed by atoms with E-state index in [1.807, 2.05) is 0 Å². The molecule has 0 atom stereocenters. The fraction of sp³-hybridized carbons (Fsp3) is 0.154. The maximum Gasteiger partial charge on any atom is 0.358 e. The van der Waals surface area contributed by atoms with Crippen LogP contribution in [-0.2, 0) is 11.3 Å². The summed E-state index contributed by atoms with van der Waals surface area (Å²) in [6.07, 6.45) is 4.22. The number of carboxylic acids is 1. The molecule has 21 heavy (non-hydrogen) atoms. The molecule has 0 aliphatic heterocycles. The maximum atomic E-state index is 11.3. The van der Waals surface area contributed by atoms with Gasteiger partial charge in [0.2, 0.25) is 0 Å². The van der Waals surface area contributed by atoms with E-state index >= 15 is 0 Å².